The predicted molar refractivity (Wildman–Crippen MR) is 126 cm³/mol. The number of rotatable bonds is 8. The molecule has 0 aliphatic heterocycles. The molecule has 0 bridgehead atoms. The van der Waals surface area contributed by atoms with Crippen LogP contribution >= 0.6 is 23.1 Å². The van der Waals surface area contributed by atoms with E-state index in [0.29, 0.717) is 18.2 Å². The van der Waals surface area contributed by atoms with Gasteiger partial charge in [-0.25, -0.2) is 4.98 Å². The zero-order valence-corrected chi connectivity index (χ0v) is 19.8. The molecule has 2 aliphatic rings. The molecular formula is C23H27N5O2S2. The number of hydrogen-bond acceptors (Lipinski definition) is 7. The van der Waals surface area contributed by atoms with Crippen LogP contribution in [0.4, 0.5) is 0 Å². The molecule has 168 valence electrons. The Kier molecular flexibility index (Phi) is 7.49. The van der Waals surface area contributed by atoms with Crippen LogP contribution in [0.15, 0.2) is 9.95 Å². The van der Waals surface area contributed by atoms with Gasteiger partial charge in [0.25, 0.3) is 5.56 Å². The van der Waals surface area contributed by atoms with Gasteiger partial charge in [0.1, 0.15) is 4.83 Å². The molecule has 9 heteroatoms. The molecule has 0 aromatic carbocycles. The molecular weight excluding hydrogens is 442 g/mol. The maximum absolute atomic E-state index is 13.7. The van der Waals surface area contributed by atoms with Gasteiger partial charge in [-0.15, -0.1) is 11.3 Å². The molecule has 32 heavy (non-hydrogen) atoms. The molecule has 2 aromatic heterocycles. The molecule has 4 rings (SSSR count). The fourth-order valence-electron chi connectivity index (χ4n) is 4.73. The number of amides is 1. The SMILES string of the molecule is N#CCCN(CCC#N)C(=O)CSc1nc2sc3c(c2c(=O)n1C1CCCC1)CCCC3. The lowest BCUT2D eigenvalue weighted by molar-refractivity contribution is -0.128. The summed E-state index contributed by atoms with van der Waals surface area (Å²) < 4.78 is 1.86. The van der Waals surface area contributed by atoms with Crippen LogP contribution in [-0.4, -0.2) is 39.2 Å². The van der Waals surface area contributed by atoms with Crippen LogP contribution in [-0.2, 0) is 17.6 Å². The maximum atomic E-state index is 13.7. The Morgan fingerprint density at radius 3 is 2.50 bits per heavy atom. The van der Waals surface area contributed by atoms with Gasteiger partial charge >= 0.3 is 0 Å². The van der Waals surface area contributed by atoms with Crippen LogP contribution < -0.4 is 5.56 Å². The zero-order valence-electron chi connectivity index (χ0n) is 18.1. The van der Waals surface area contributed by atoms with E-state index in [1.807, 2.05) is 4.57 Å². The molecule has 0 unspecified atom stereocenters. The zero-order chi connectivity index (χ0) is 22.5. The second-order valence-electron chi connectivity index (χ2n) is 8.38. The third-order valence-electron chi connectivity index (χ3n) is 6.34. The Morgan fingerprint density at radius 1 is 1.12 bits per heavy atom. The average molecular weight is 470 g/mol. The highest BCUT2D eigenvalue weighted by atomic mass is 32.2. The largest absolute Gasteiger partial charge is 0.340 e. The smallest absolute Gasteiger partial charge is 0.263 e. The first-order valence-electron chi connectivity index (χ1n) is 11.3. The van der Waals surface area contributed by atoms with Gasteiger partial charge in [0, 0.05) is 24.0 Å². The molecule has 1 amide bonds. The minimum absolute atomic E-state index is 0.0575. The second kappa shape index (κ2) is 10.5. The number of aromatic nitrogens is 2. The number of nitriles is 2. The summed E-state index contributed by atoms with van der Waals surface area (Å²) in [4.78, 5) is 35.1. The third-order valence-corrected chi connectivity index (χ3v) is 8.47. The van der Waals surface area contributed by atoms with Gasteiger partial charge in [-0.3, -0.25) is 14.2 Å². The van der Waals surface area contributed by atoms with Gasteiger partial charge in [-0.05, 0) is 44.1 Å². The van der Waals surface area contributed by atoms with E-state index in [1.54, 1.807) is 16.2 Å². The molecule has 0 N–H and O–H groups in total. The van der Waals surface area contributed by atoms with Crippen molar-refractivity contribution >= 4 is 39.2 Å². The number of thioether (sulfide) groups is 1. The topological polar surface area (TPSA) is 103 Å². The third kappa shape index (κ3) is 4.69. The molecule has 0 spiro atoms. The van der Waals surface area contributed by atoms with Crippen molar-refractivity contribution in [2.45, 2.75) is 75.4 Å². The fourth-order valence-corrected chi connectivity index (χ4v) is 7.01. The lowest BCUT2D eigenvalue weighted by Gasteiger charge is -2.21. The number of aryl methyl sites for hydroxylation is 2. The monoisotopic (exact) mass is 469 g/mol. The molecule has 2 aliphatic carbocycles. The Morgan fingerprint density at radius 2 is 1.81 bits per heavy atom. The van der Waals surface area contributed by atoms with E-state index in [9.17, 15) is 9.59 Å². The van der Waals surface area contributed by atoms with Crippen LogP contribution in [0.1, 0.15) is 67.8 Å². The van der Waals surface area contributed by atoms with Gasteiger partial charge < -0.3 is 4.90 Å². The number of carbonyl (C=O) groups excluding carboxylic acids is 1. The van der Waals surface area contributed by atoms with Crippen molar-refractivity contribution in [3.8, 4) is 12.1 Å². The van der Waals surface area contributed by atoms with E-state index in [-0.39, 0.29) is 36.1 Å². The van der Waals surface area contributed by atoms with E-state index in [4.69, 9.17) is 15.5 Å². The Labute approximate surface area is 196 Å². The van der Waals surface area contributed by atoms with Crippen molar-refractivity contribution in [2.24, 2.45) is 0 Å². The standard InChI is InChI=1S/C23H27N5O2S2/c24-11-5-13-27(14-6-12-25)19(29)15-31-23-26-21-20(17-9-3-4-10-18(17)32-21)22(30)28(23)16-7-1-2-8-16/h16H,1-10,13-15H2. The average Bonchev–Trinajstić information content (AvgIpc) is 3.45. The summed E-state index contributed by atoms with van der Waals surface area (Å²) in [6.45, 7) is 0.633. The Hall–Kier alpha value is -2.36. The number of thiophene rings is 1. The van der Waals surface area contributed by atoms with E-state index in [1.165, 1.54) is 22.2 Å². The fraction of sp³-hybridized carbons (Fsp3) is 0.609. The minimum atomic E-state index is -0.127. The van der Waals surface area contributed by atoms with Gasteiger partial charge in [-0.1, -0.05) is 24.6 Å². The number of nitrogens with zero attached hydrogens (tertiary/aromatic N) is 5. The van der Waals surface area contributed by atoms with Crippen LogP contribution in [0.25, 0.3) is 10.2 Å². The van der Waals surface area contributed by atoms with Gasteiger partial charge in [0.15, 0.2) is 5.16 Å². The van der Waals surface area contributed by atoms with Gasteiger partial charge in [-0.2, -0.15) is 10.5 Å². The Bertz CT molecular complexity index is 1120. The summed E-state index contributed by atoms with van der Waals surface area (Å²) in [5.41, 5.74) is 1.26. The van der Waals surface area contributed by atoms with Crippen molar-refractivity contribution in [1.82, 2.24) is 14.5 Å². The van der Waals surface area contributed by atoms with Crippen LogP contribution in [0.5, 0.6) is 0 Å². The second-order valence-corrected chi connectivity index (χ2v) is 10.4. The first kappa shape index (κ1) is 22.8. The van der Waals surface area contributed by atoms with Crippen molar-refractivity contribution in [1.29, 1.82) is 10.5 Å². The van der Waals surface area contributed by atoms with Crippen LogP contribution in [0.3, 0.4) is 0 Å². The predicted octanol–water partition coefficient (Wildman–Crippen LogP) is 4.20. The van der Waals surface area contributed by atoms with E-state index in [0.717, 1.165) is 61.6 Å². The summed E-state index contributed by atoms with van der Waals surface area (Å²) in [5.74, 6) is 0.0189. The molecule has 7 nitrogen and oxygen atoms in total. The summed E-state index contributed by atoms with van der Waals surface area (Å²) >= 11 is 2.95. The van der Waals surface area contributed by atoms with Crippen molar-refractivity contribution < 1.29 is 4.79 Å². The lowest BCUT2D eigenvalue weighted by Crippen LogP contribution is -2.34. The van der Waals surface area contributed by atoms with E-state index < -0.39 is 0 Å². The highest BCUT2D eigenvalue weighted by molar-refractivity contribution is 7.99. The molecule has 1 fully saturated rings. The van der Waals surface area contributed by atoms with Crippen LogP contribution in [0.2, 0.25) is 0 Å². The molecule has 1 saturated carbocycles. The number of hydrogen-bond donors (Lipinski definition) is 0. The number of fused-ring (bicyclic) bond motifs is 3. The lowest BCUT2D eigenvalue weighted by atomic mass is 9.97. The van der Waals surface area contributed by atoms with Crippen LogP contribution in [0, 0.1) is 22.7 Å². The first-order chi connectivity index (χ1) is 15.6. The van der Waals surface area contributed by atoms with Gasteiger partial charge in [0.05, 0.1) is 36.1 Å². The molecule has 0 radical (unpaired) electrons. The minimum Gasteiger partial charge on any atom is -0.340 e. The highest BCUT2D eigenvalue weighted by Gasteiger charge is 2.27. The molecule has 0 atom stereocenters. The number of carbonyl (C=O) groups is 1. The van der Waals surface area contributed by atoms with Crippen molar-refractivity contribution in [3.05, 3.63) is 20.8 Å². The maximum Gasteiger partial charge on any atom is 0.263 e. The molecule has 2 aromatic rings. The summed E-state index contributed by atoms with van der Waals surface area (Å²) in [5, 5.41) is 19.2. The quantitative estimate of drug-likeness (QED) is 0.424. The van der Waals surface area contributed by atoms with Gasteiger partial charge in [0.2, 0.25) is 5.91 Å². The van der Waals surface area contributed by atoms with E-state index in [2.05, 4.69) is 12.1 Å². The van der Waals surface area contributed by atoms with Crippen molar-refractivity contribution in [3.63, 3.8) is 0 Å². The Balaban J connectivity index is 1.64. The first-order valence-corrected chi connectivity index (χ1v) is 13.2. The normalized spacial score (nSPS) is 15.9. The summed E-state index contributed by atoms with van der Waals surface area (Å²) in [6, 6.07) is 4.26. The van der Waals surface area contributed by atoms with E-state index >= 15 is 0 Å². The molecule has 0 saturated heterocycles. The highest BCUT2D eigenvalue weighted by Crippen LogP contribution is 2.37. The summed E-state index contributed by atoms with van der Waals surface area (Å²) in [7, 11) is 0. The molecule has 2 heterocycles. The summed E-state index contributed by atoms with van der Waals surface area (Å²) in [6.07, 6.45) is 8.88. The van der Waals surface area contributed by atoms with Crippen molar-refractivity contribution in [2.75, 3.05) is 18.8 Å².